The number of nitrogens with one attached hydrogen (secondary N) is 1. The number of aromatic nitrogens is 2. The lowest BCUT2D eigenvalue weighted by molar-refractivity contribution is -0.398. The van der Waals surface area contributed by atoms with E-state index in [1.807, 2.05) is 6.07 Å². The van der Waals surface area contributed by atoms with Gasteiger partial charge in [0.25, 0.3) is 0 Å². The molecule has 11 heavy (non-hydrogen) atoms. The highest BCUT2D eigenvalue weighted by molar-refractivity contribution is 5.26. The van der Waals surface area contributed by atoms with Gasteiger partial charge in [-0.1, -0.05) is 4.98 Å². The first-order valence-corrected chi connectivity index (χ1v) is 3.62. The molecular weight excluding hydrogens is 138 g/mol. The highest BCUT2D eigenvalue weighted by Crippen LogP contribution is 2.44. The van der Waals surface area contributed by atoms with Crippen molar-refractivity contribution in [1.29, 1.82) is 5.26 Å². The Balaban J connectivity index is 2.39. The van der Waals surface area contributed by atoms with Crippen LogP contribution in [-0.2, 0) is 5.41 Å². The molecule has 1 aromatic heterocycles. The maximum Gasteiger partial charge on any atom is 0.316 e. The lowest BCUT2D eigenvalue weighted by Gasteiger charge is -1.92. The Morgan fingerprint density at radius 2 is 2.45 bits per heavy atom. The minimum absolute atomic E-state index is 0.277. The van der Waals surface area contributed by atoms with E-state index in [-0.39, 0.29) is 5.41 Å². The molecule has 0 aliphatic heterocycles. The molecule has 0 amide bonds. The van der Waals surface area contributed by atoms with Crippen LogP contribution in [0.1, 0.15) is 18.7 Å². The first-order valence-electron chi connectivity index (χ1n) is 3.62. The van der Waals surface area contributed by atoms with Crippen molar-refractivity contribution in [2.45, 2.75) is 18.3 Å². The molecule has 0 bridgehead atoms. The molecule has 1 N–H and O–H groups in total. The van der Waals surface area contributed by atoms with Gasteiger partial charge in [-0.15, -0.1) is 0 Å². The van der Waals surface area contributed by atoms with Crippen LogP contribution in [0.2, 0.25) is 0 Å². The van der Waals surface area contributed by atoms with Gasteiger partial charge in [0, 0.05) is 6.07 Å². The summed E-state index contributed by atoms with van der Waals surface area (Å²) in [6.07, 6.45) is 5.40. The Morgan fingerprint density at radius 3 is 2.91 bits per heavy atom. The molecule has 1 saturated carbocycles. The maximum atomic E-state index is 8.80. The van der Waals surface area contributed by atoms with Gasteiger partial charge in [0.1, 0.15) is 6.20 Å². The standard InChI is InChI=1S/C8H7N3/c9-6-8(2-3-8)7-10-4-1-5-11-7/h1,4-5H,2-3H2/p+1. The van der Waals surface area contributed by atoms with Gasteiger partial charge in [0.15, 0.2) is 5.41 Å². The van der Waals surface area contributed by atoms with Gasteiger partial charge in [0.05, 0.1) is 12.3 Å². The summed E-state index contributed by atoms with van der Waals surface area (Å²) in [5.74, 6) is 0.808. The normalized spacial score (nSPS) is 18.8. The molecule has 0 spiro atoms. The number of aromatic amines is 1. The van der Waals surface area contributed by atoms with E-state index >= 15 is 0 Å². The lowest BCUT2D eigenvalue weighted by Crippen LogP contribution is -2.20. The Hall–Kier alpha value is -1.43. The van der Waals surface area contributed by atoms with Gasteiger partial charge in [0.2, 0.25) is 0 Å². The molecule has 2 rings (SSSR count). The Labute approximate surface area is 64.7 Å². The number of hydrogen-bond donors (Lipinski definition) is 0. The first-order chi connectivity index (χ1) is 5.37. The molecular formula is C8H8N3+. The van der Waals surface area contributed by atoms with E-state index < -0.39 is 0 Å². The van der Waals surface area contributed by atoms with Gasteiger partial charge >= 0.3 is 5.82 Å². The van der Waals surface area contributed by atoms with Crippen molar-refractivity contribution in [3.8, 4) is 6.07 Å². The minimum Gasteiger partial charge on any atom is -0.246 e. The molecule has 3 nitrogen and oxygen atoms in total. The SMILES string of the molecule is N#CC1(c2nccc[nH+]2)CC1. The number of nitriles is 1. The number of nitrogens with zero attached hydrogens (tertiary/aromatic N) is 2. The quantitative estimate of drug-likeness (QED) is 0.577. The monoisotopic (exact) mass is 146 g/mol. The second kappa shape index (κ2) is 2.03. The van der Waals surface area contributed by atoms with E-state index in [9.17, 15) is 0 Å². The fourth-order valence-corrected chi connectivity index (χ4v) is 1.11. The number of H-pyrrole nitrogens is 1. The number of rotatable bonds is 1. The molecule has 1 aliphatic carbocycles. The van der Waals surface area contributed by atoms with Gasteiger partial charge in [-0.2, -0.15) is 5.26 Å². The van der Waals surface area contributed by atoms with Gasteiger partial charge in [-0.25, -0.2) is 4.98 Å². The van der Waals surface area contributed by atoms with Crippen LogP contribution in [-0.4, -0.2) is 4.98 Å². The molecule has 0 aromatic carbocycles. The molecule has 1 aromatic rings. The van der Waals surface area contributed by atoms with E-state index in [0.29, 0.717) is 0 Å². The Kier molecular flexibility index (Phi) is 1.16. The van der Waals surface area contributed by atoms with E-state index in [1.54, 1.807) is 12.4 Å². The summed E-state index contributed by atoms with van der Waals surface area (Å²) in [6, 6.07) is 4.09. The fourth-order valence-electron chi connectivity index (χ4n) is 1.11. The largest absolute Gasteiger partial charge is 0.316 e. The summed E-state index contributed by atoms with van der Waals surface area (Å²) >= 11 is 0. The Morgan fingerprint density at radius 1 is 1.64 bits per heavy atom. The lowest BCUT2D eigenvalue weighted by atomic mass is 10.1. The highest BCUT2D eigenvalue weighted by Gasteiger charge is 2.52. The molecule has 1 aliphatic rings. The summed E-state index contributed by atoms with van der Waals surface area (Å²) in [6.45, 7) is 0. The number of hydrogen-bond acceptors (Lipinski definition) is 2. The average Bonchev–Trinajstić information content (AvgIpc) is 2.86. The van der Waals surface area contributed by atoms with Gasteiger partial charge in [-0.05, 0) is 12.8 Å². The van der Waals surface area contributed by atoms with Crippen molar-refractivity contribution in [2.75, 3.05) is 0 Å². The minimum atomic E-state index is -0.277. The molecule has 0 atom stereocenters. The van der Waals surface area contributed by atoms with Crippen molar-refractivity contribution < 1.29 is 4.98 Å². The van der Waals surface area contributed by atoms with Crippen molar-refractivity contribution in [3.63, 3.8) is 0 Å². The Bertz CT molecular complexity index is 295. The molecule has 1 heterocycles. The zero-order chi connectivity index (χ0) is 7.73. The van der Waals surface area contributed by atoms with Crippen molar-refractivity contribution >= 4 is 0 Å². The summed E-state index contributed by atoms with van der Waals surface area (Å²) < 4.78 is 0. The average molecular weight is 146 g/mol. The summed E-state index contributed by atoms with van der Waals surface area (Å²) in [7, 11) is 0. The van der Waals surface area contributed by atoms with Crippen LogP contribution in [0.25, 0.3) is 0 Å². The van der Waals surface area contributed by atoms with Crippen molar-refractivity contribution in [2.24, 2.45) is 0 Å². The van der Waals surface area contributed by atoms with Crippen LogP contribution in [0.15, 0.2) is 18.5 Å². The summed E-state index contributed by atoms with van der Waals surface area (Å²) in [5.41, 5.74) is -0.277. The topological polar surface area (TPSA) is 50.8 Å². The maximum absolute atomic E-state index is 8.80. The van der Waals surface area contributed by atoms with E-state index in [2.05, 4.69) is 16.0 Å². The smallest absolute Gasteiger partial charge is 0.246 e. The van der Waals surface area contributed by atoms with Crippen LogP contribution in [0.3, 0.4) is 0 Å². The van der Waals surface area contributed by atoms with Crippen LogP contribution >= 0.6 is 0 Å². The van der Waals surface area contributed by atoms with Crippen LogP contribution < -0.4 is 4.98 Å². The molecule has 0 unspecified atom stereocenters. The zero-order valence-corrected chi connectivity index (χ0v) is 6.04. The third kappa shape index (κ3) is 0.874. The van der Waals surface area contributed by atoms with E-state index in [1.165, 1.54) is 0 Å². The van der Waals surface area contributed by atoms with Gasteiger partial charge in [-0.3, -0.25) is 0 Å². The second-order valence-corrected chi connectivity index (χ2v) is 2.82. The van der Waals surface area contributed by atoms with Crippen molar-refractivity contribution in [1.82, 2.24) is 4.98 Å². The molecule has 0 radical (unpaired) electrons. The second-order valence-electron chi connectivity index (χ2n) is 2.82. The summed E-state index contributed by atoms with van der Waals surface area (Å²) in [5, 5.41) is 8.80. The predicted molar refractivity (Wildman–Crippen MR) is 37.3 cm³/mol. The van der Waals surface area contributed by atoms with E-state index in [4.69, 9.17) is 5.26 Å². The van der Waals surface area contributed by atoms with E-state index in [0.717, 1.165) is 18.7 Å². The zero-order valence-electron chi connectivity index (χ0n) is 6.04. The third-order valence-corrected chi connectivity index (χ3v) is 2.02. The molecule has 54 valence electrons. The third-order valence-electron chi connectivity index (χ3n) is 2.02. The molecule has 3 heteroatoms. The van der Waals surface area contributed by atoms with Crippen LogP contribution in [0.4, 0.5) is 0 Å². The van der Waals surface area contributed by atoms with Crippen LogP contribution in [0, 0.1) is 11.3 Å². The highest BCUT2D eigenvalue weighted by atomic mass is 14.9. The van der Waals surface area contributed by atoms with Gasteiger partial charge < -0.3 is 0 Å². The van der Waals surface area contributed by atoms with Crippen LogP contribution in [0.5, 0.6) is 0 Å². The fraction of sp³-hybridized carbons (Fsp3) is 0.375. The summed E-state index contributed by atoms with van der Waals surface area (Å²) in [4.78, 5) is 7.09. The molecule has 0 saturated heterocycles. The predicted octanol–water partition coefficient (Wildman–Crippen LogP) is 0.451. The molecule has 1 fully saturated rings. The van der Waals surface area contributed by atoms with Crippen molar-refractivity contribution in [3.05, 3.63) is 24.3 Å². The first kappa shape index (κ1) is 6.29.